The standard InChI is InChI=1S/C29H35N3O4/c1-26-9-8-17-18-13-28(18)24(34)23(33)20(32(2)3)14-27(28)10-11-29(17,36-27)22(26)7-5-16(26)15-4-6-21-19(12-15)31-25(30)35-21/h4-6,8,12,18,20,22-24,33-34H,7,9-11,13-14H2,1-3H3,(H2,30,31). The van der Waals surface area contributed by atoms with Crippen LogP contribution in [0.25, 0.3) is 16.7 Å². The van der Waals surface area contributed by atoms with E-state index in [0.29, 0.717) is 17.4 Å². The Balaban J connectivity index is 1.21. The monoisotopic (exact) mass is 489 g/mol. The minimum Gasteiger partial charge on any atom is -0.424 e. The topological polar surface area (TPSA) is 105 Å². The molecule has 4 fully saturated rings. The van der Waals surface area contributed by atoms with Gasteiger partial charge in [-0.05, 0) is 87.4 Å². The molecule has 7 nitrogen and oxygen atoms in total. The molecule has 7 heteroatoms. The van der Waals surface area contributed by atoms with Gasteiger partial charge >= 0.3 is 0 Å². The van der Waals surface area contributed by atoms with Crippen LogP contribution in [-0.2, 0) is 4.74 Å². The fraction of sp³-hybridized carbons (Fsp3) is 0.621. The van der Waals surface area contributed by atoms with Crippen molar-refractivity contribution in [2.24, 2.45) is 22.7 Å². The molecule has 9 unspecified atom stereocenters. The summed E-state index contributed by atoms with van der Waals surface area (Å²) in [6, 6.07) is 6.32. The third-order valence-electron chi connectivity index (χ3n) is 11.4. The summed E-state index contributed by atoms with van der Waals surface area (Å²) in [5, 5.41) is 22.6. The minimum atomic E-state index is -0.743. The van der Waals surface area contributed by atoms with E-state index in [-0.39, 0.29) is 34.1 Å². The SMILES string of the molecule is CN(C)C1CC23CCC4(O2)C(=CCC2(C)C(c5ccc6oc(N)nc6c5)=CCC24)C2CC23C(O)C1O. The van der Waals surface area contributed by atoms with E-state index < -0.39 is 12.2 Å². The summed E-state index contributed by atoms with van der Waals surface area (Å²) in [6.45, 7) is 2.41. The first-order chi connectivity index (χ1) is 17.2. The van der Waals surface area contributed by atoms with Crippen molar-refractivity contribution in [2.45, 2.75) is 74.9 Å². The Morgan fingerprint density at radius 1 is 1.14 bits per heavy atom. The Morgan fingerprint density at radius 2 is 1.97 bits per heavy atom. The summed E-state index contributed by atoms with van der Waals surface area (Å²) in [5.41, 5.74) is 10.3. The number of fused-ring (bicyclic) bond motifs is 3. The summed E-state index contributed by atoms with van der Waals surface area (Å²) < 4.78 is 12.9. The number of aromatic nitrogens is 1. The average molecular weight is 490 g/mol. The van der Waals surface area contributed by atoms with Crippen LogP contribution in [0.5, 0.6) is 0 Å². The van der Waals surface area contributed by atoms with Gasteiger partial charge in [0.25, 0.3) is 6.01 Å². The lowest BCUT2D eigenvalue weighted by Gasteiger charge is -2.59. The average Bonchev–Trinajstić information content (AvgIpc) is 3.13. The van der Waals surface area contributed by atoms with Crippen LogP contribution in [0.15, 0.2) is 40.3 Å². The number of benzene rings is 1. The molecule has 0 radical (unpaired) electrons. The predicted octanol–water partition coefficient (Wildman–Crippen LogP) is 3.51. The minimum absolute atomic E-state index is 0.0410. The van der Waals surface area contributed by atoms with Gasteiger partial charge in [0, 0.05) is 22.8 Å². The number of nitrogens with zero attached hydrogens (tertiary/aromatic N) is 2. The van der Waals surface area contributed by atoms with Gasteiger partial charge in [0.05, 0.1) is 23.4 Å². The largest absolute Gasteiger partial charge is 0.424 e. The summed E-state index contributed by atoms with van der Waals surface area (Å²) in [7, 11) is 4.01. The maximum atomic E-state index is 11.5. The Labute approximate surface area is 211 Å². The smallest absolute Gasteiger partial charge is 0.292 e. The maximum Gasteiger partial charge on any atom is 0.292 e. The fourth-order valence-corrected chi connectivity index (χ4v) is 9.74. The Hall–Kier alpha value is -2.19. The molecule has 2 aliphatic heterocycles. The number of aliphatic hydroxyl groups is 2. The Morgan fingerprint density at radius 3 is 2.78 bits per heavy atom. The first kappa shape index (κ1) is 21.9. The number of likely N-dealkylation sites (N-methyl/N-ethyl adjacent to an activating group) is 1. The van der Waals surface area contributed by atoms with Crippen LogP contribution in [0.4, 0.5) is 6.01 Å². The maximum absolute atomic E-state index is 11.5. The van der Waals surface area contributed by atoms with Crippen molar-refractivity contribution in [3.05, 3.63) is 41.5 Å². The lowest BCUT2D eigenvalue weighted by molar-refractivity contribution is -0.248. The summed E-state index contributed by atoms with van der Waals surface area (Å²) in [4.78, 5) is 6.44. The molecule has 190 valence electrons. The Bertz CT molecular complexity index is 1380. The van der Waals surface area contributed by atoms with Crippen LogP contribution in [0.1, 0.15) is 51.0 Å². The highest BCUT2D eigenvalue weighted by molar-refractivity contribution is 5.83. The summed E-state index contributed by atoms with van der Waals surface area (Å²) in [5.74, 6) is 0.683. The number of allylic oxidation sites excluding steroid dienone is 3. The van der Waals surface area contributed by atoms with E-state index in [2.05, 4.69) is 41.1 Å². The van der Waals surface area contributed by atoms with Crippen molar-refractivity contribution >= 4 is 22.7 Å². The van der Waals surface area contributed by atoms with E-state index in [0.717, 1.165) is 44.0 Å². The van der Waals surface area contributed by atoms with Crippen molar-refractivity contribution in [3.63, 3.8) is 0 Å². The van der Waals surface area contributed by atoms with Crippen molar-refractivity contribution in [3.8, 4) is 0 Å². The number of hydrogen-bond donors (Lipinski definition) is 3. The van der Waals surface area contributed by atoms with Gasteiger partial charge in [-0.25, -0.2) is 0 Å². The van der Waals surface area contributed by atoms with E-state index in [1.807, 2.05) is 20.2 Å². The molecular weight excluding hydrogens is 454 g/mol. The van der Waals surface area contributed by atoms with Gasteiger partial charge in [-0.2, -0.15) is 4.98 Å². The van der Waals surface area contributed by atoms with Crippen molar-refractivity contribution in [1.82, 2.24) is 9.88 Å². The number of rotatable bonds is 2. The summed E-state index contributed by atoms with van der Waals surface area (Å²) >= 11 is 0. The lowest BCUT2D eigenvalue weighted by atomic mass is 9.57. The number of aliphatic hydroxyl groups excluding tert-OH is 2. The Kier molecular flexibility index (Phi) is 3.91. The lowest BCUT2D eigenvalue weighted by Crippen LogP contribution is -2.67. The number of anilines is 1. The number of ether oxygens (including phenoxy) is 1. The fourth-order valence-electron chi connectivity index (χ4n) is 9.74. The molecule has 4 aliphatic carbocycles. The van der Waals surface area contributed by atoms with E-state index in [9.17, 15) is 10.2 Å². The molecule has 1 aromatic heterocycles. The number of hydrogen-bond acceptors (Lipinski definition) is 7. The van der Waals surface area contributed by atoms with Crippen LogP contribution >= 0.6 is 0 Å². The predicted molar refractivity (Wildman–Crippen MR) is 136 cm³/mol. The van der Waals surface area contributed by atoms with Gasteiger partial charge in [-0.15, -0.1) is 0 Å². The highest BCUT2D eigenvalue weighted by atomic mass is 16.5. The quantitative estimate of drug-likeness (QED) is 0.555. The van der Waals surface area contributed by atoms with Crippen LogP contribution < -0.4 is 5.73 Å². The van der Waals surface area contributed by atoms with Gasteiger partial charge in [-0.3, -0.25) is 0 Å². The molecule has 2 aromatic rings. The second-order valence-electron chi connectivity index (χ2n) is 12.9. The zero-order valence-corrected chi connectivity index (χ0v) is 21.2. The van der Waals surface area contributed by atoms with Crippen LogP contribution in [0.2, 0.25) is 0 Å². The molecule has 2 bridgehead atoms. The van der Waals surface area contributed by atoms with Crippen molar-refractivity contribution in [1.29, 1.82) is 0 Å². The third kappa shape index (κ3) is 2.25. The molecule has 1 aromatic carbocycles. The molecule has 2 saturated heterocycles. The highest BCUT2D eigenvalue weighted by Crippen LogP contribution is 2.81. The van der Waals surface area contributed by atoms with Gasteiger partial charge in [0.1, 0.15) is 5.52 Å². The molecular formula is C29H35N3O4. The zero-order chi connectivity index (χ0) is 24.8. The number of oxazole rings is 1. The van der Waals surface area contributed by atoms with E-state index in [1.165, 1.54) is 16.7 Å². The number of nitrogen functional groups attached to an aromatic ring is 1. The molecule has 6 aliphatic rings. The number of nitrogens with two attached hydrogens (primary N) is 1. The molecule has 2 saturated carbocycles. The first-order valence-corrected chi connectivity index (χ1v) is 13.5. The molecule has 8 rings (SSSR count). The van der Waals surface area contributed by atoms with Gasteiger partial charge in [0.2, 0.25) is 0 Å². The van der Waals surface area contributed by atoms with E-state index >= 15 is 0 Å². The zero-order valence-electron chi connectivity index (χ0n) is 21.2. The molecule has 36 heavy (non-hydrogen) atoms. The summed E-state index contributed by atoms with van der Waals surface area (Å²) in [6.07, 6.45) is 9.03. The first-order valence-electron chi connectivity index (χ1n) is 13.5. The molecule has 3 spiro atoms. The highest BCUT2D eigenvalue weighted by Gasteiger charge is 2.84. The van der Waals surface area contributed by atoms with Crippen LogP contribution in [0.3, 0.4) is 0 Å². The van der Waals surface area contributed by atoms with Crippen LogP contribution in [-0.4, -0.2) is 63.6 Å². The third-order valence-corrected chi connectivity index (χ3v) is 11.4. The van der Waals surface area contributed by atoms with Gasteiger partial charge in [-0.1, -0.05) is 25.1 Å². The van der Waals surface area contributed by atoms with E-state index in [1.54, 1.807) is 0 Å². The molecule has 3 heterocycles. The normalized spacial score (nSPS) is 48.2. The second-order valence-corrected chi connectivity index (χ2v) is 12.9. The van der Waals surface area contributed by atoms with Crippen LogP contribution in [0, 0.1) is 22.7 Å². The van der Waals surface area contributed by atoms with Crippen molar-refractivity contribution < 1.29 is 19.4 Å². The van der Waals surface area contributed by atoms with Gasteiger partial charge < -0.3 is 30.0 Å². The molecule has 0 amide bonds. The molecule has 9 atom stereocenters. The second kappa shape index (κ2) is 6.44. The molecule has 4 N–H and O–H groups in total. The van der Waals surface area contributed by atoms with E-state index in [4.69, 9.17) is 14.9 Å². The van der Waals surface area contributed by atoms with Crippen molar-refractivity contribution in [2.75, 3.05) is 19.8 Å². The van der Waals surface area contributed by atoms with Gasteiger partial charge in [0.15, 0.2) is 5.58 Å².